The first-order valence-electron chi connectivity index (χ1n) is 6.27. The average molecular weight is 306 g/mol. The van der Waals surface area contributed by atoms with Crippen LogP contribution in [0, 0.1) is 0 Å². The summed E-state index contributed by atoms with van der Waals surface area (Å²) in [6, 6.07) is 3.57. The molecule has 0 atom stereocenters. The van der Waals surface area contributed by atoms with Crippen molar-refractivity contribution in [2.75, 3.05) is 40.4 Å². The van der Waals surface area contributed by atoms with E-state index in [9.17, 15) is 8.42 Å². The van der Waals surface area contributed by atoms with Gasteiger partial charge in [-0.15, -0.1) is 11.3 Å². The normalized spacial score (nSPS) is 12.2. The van der Waals surface area contributed by atoms with Crippen LogP contribution in [-0.4, -0.2) is 53.1 Å². The van der Waals surface area contributed by atoms with Crippen LogP contribution in [0.4, 0.5) is 0 Å². The second-order valence-electron chi connectivity index (χ2n) is 4.14. The molecule has 0 amide bonds. The Hall–Kier alpha value is -0.470. The van der Waals surface area contributed by atoms with E-state index in [1.54, 1.807) is 20.2 Å². The van der Waals surface area contributed by atoms with Crippen LogP contribution in [-0.2, 0) is 21.2 Å². The van der Waals surface area contributed by atoms with Gasteiger partial charge in [0.1, 0.15) is 4.21 Å². The first-order valence-corrected chi connectivity index (χ1v) is 8.52. The van der Waals surface area contributed by atoms with E-state index in [1.807, 2.05) is 6.07 Å². The minimum atomic E-state index is -3.37. The minimum Gasteiger partial charge on any atom is -0.383 e. The van der Waals surface area contributed by atoms with E-state index in [0.29, 0.717) is 17.4 Å². The molecule has 0 radical (unpaired) electrons. The molecule has 0 saturated carbocycles. The number of hydrogen-bond donors (Lipinski definition) is 1. The van der Waals surface area contributed by atoms with Gasteiger partial charge in [0, 0.05) is 25.6 Å². The van der Waals surface area contributed by atoms with E-state index in [0.717, 1.165) is 24.4 Å². The maximum absolute atomic E-state index is 12.2. The van der Waals surface area contributed by atoms with E-state index in [1.165, 1.54) is 15.6 Å². The molecule has 0 unspecified atom stereocenters. The predicted octanol–water partition coefficient (Wildman–Crippen LogP) is 1.17. The van der Waals surface area contributed by atoms with Crippen molar-refractivity contribution >= 4 is 21.4 Å². The number of likely N-dealkylation sites (N-methyl/N-ethyl adjacent to an activating group) is 2. The van der Waals surface area contributed by atoms with Gasteiger partial charge in [-0.25, -0.2) is 8.42 Å². The Bertz CT molecular complexity index is 471. The van der Waals surface area contributed by atoms with Gasteiger partial charge in [-0.2, -0.15) is 4.31 Å². The molecule has 0 fully saturated rings. The molecule has 1 aromatic rings. The van der Waals surface area contributed by atoms with Crippen molar-refractivity contribution in [1.82, 2.24) is 9.62 Å². The molecule has 7 heteroatoms. The predicted molar refractivity (Wildman–Crippen MR) is 78.3 cm³/mol. The van der Waals surface area contributed by atoms with E-state index < -0.39 is 10.0 Å². The quantitative estimate of drug-likeness (QED) is 0.696. The highest BCUT2D eigenvalue weighted by Gasteiger charge is 2.22. The van der Waals surface area contributed by atoms with Gasteiger partial charge in [-0.3, -0.25) is 0 Å². The number of sulfonamides is 1. The van der Waals surface area contributed by atoms with Gasteiger partial charge in [-0.05, 0) is 31.6 Å². The van der Waals surface area contributed by atoms with Crippen LogP contribution in [0.15, 0.2) is 16.3 Å². The zero-order valence-electron chi connectivity index (χ0n) is 11.7. The summed E-state index contributed by atoms with van der Waals surface area (Å²) in [4.78, 5) is 1.08. The number of methoxy groups -OCH3 is 1. The van der Waals surface area contributed by atoms with Crippen LogP contribution >= 0.6 is 11.3 Å². The van der Waals surface area contributed by atoms with Crippen LogP contribution in [0.2, 0.25) is 0 Å². The Morgan fingerprint density at radius 3 is 2.79 bits per heavy atom. The van der Waals surface area contributed by atoms with Gasteiger partial charge < -0.3 is 10.1 Å². The first kappa shape index (κ1) is 16.6. The summed E-state index contributed by atoms with van der Waals surface area (Å²) in [6.07, 6.45) is 0.857. The third-order valence-corrected chi connectivity index (χ3v) is 6.18. The van der Waals surface area contributed by atoms with Crippen LogP contribution < -0.4 is 5.32 Å². The number of rotatable bonds is 9. The zero-order chi connectivity index (χ0) is 14.3. The number of hydrogen-bond acceptors (Lipinski definition) is 5. The molecule has 0 aliphatic carbocycles. The molecular weight excluding hydrogens is 284 g/mol. The topological polar surface area (TPSA) is 58.6 Å². The highest BCUT2D eigenvalue weighted by molar-refractivity contribution is 7.91. The molecule has 19 heavy (non-hydrogen) atoms. The lowest BCUT2D eigenvalue weighted by atomic mass is 10.3. The molecule has 0 aliphatic heterocycles. The zero-order valence-corrected chi connectivity index (χ0v) is 13.3. The Labute approximate surface area is 119 Å². The van der Waals surface area contributed by atoms with Crippen molar-refractivity contribution in [2.24, 2.45) is 0 Å². The molecule has 0 aliphatic rings. The Balaban J connectivity index is 2.68. The van der Waals surface area contributed by atoms with Crippen molar-refractivity contribution in [3.05, 3.63) is 17.0 Å². The van der Waals surface area contributed by atoms with Gasteiger partial charge in [0.15, 0.2) is 0 Å². The molecule has 5 nitrogen and oxygen atoms in total. The number of thiophene rings is 1. The van der Waals surface area contributed by atoms with E-state index in [2.05, 4.69) is 12.2 Å². The van der Waals surface area contributed by atoms with Gasteiger partial charge in [0.2, 0.25) is 0 Å². The van der Waals surface area contributed by atoms with Gasteiger partial charge in [0.25, 0.3) is 10.0 Å². The molecule has 1 aromatic heterocycles. The second-order valence-corrected chi connectivity index (χ2v) is 7.58. The third-order valence-electron chi connectivity index (χ3n) is 2.71. The van der Waals surface area contributed by atoms with Crippen molar-refractivity contribution in [2.45, 2.75) is 17.6 Å². The molecule has 0 bridgehead atoms. The molecule has 1 heterocycles. The van der Waals surface area contributed by atoms with Crippen LogP contribution in [0.3, 0.4) is 0 Å². The maximum Gasteiger partial charge on any atom is 0.252 e. The number of ether oxygens (including phenoxy) is 1. The highest BCUT2D eigenvalue weighted by atomic mass is 32.2. The van der Waals surface area contributed by atoms with Crippen molar-refractivity contribution < 1.29 is 13.2 Å². The summed E-state index contributed by atoms with van der Waals surface area (Å²) in [7, 11) is -0.234. The van der Waals surface area contributed by atoms with Crippen LogP contribution in [0.1, 0.15) is 11.8 Å². The lowest BCUT2D eigenvalue weighted by Gasteiger charge is -2.15. The molecule has 0 saturated heterocycles. The summed E-state index contributed by atoms with van der Waals surface area (Å²) >= 11 is 1.34. The maximum atomic E-state index is 12.2. The molecule has 0 aromatic carbocycles. The van der Waals surface area contributed by atoms with Gasteiger partial charge in [-0.1, -0.05) is 6.92 Å². The summed E-state index contributed by atoms with van der Waals surface area (Å²) in [5.41, 5.74) is 0. The van der Waals surface area contributed by atoms with Gasteiger partial charge in [0.05, 0.1) is 6.61 Å². The van der Waals surface area contributed by atoms with Crippen molar-refractivity contribution in [3.63, 3.8) is 0 Å². The van der Waals surface area contributed by atoms with Crippen LogP contribution in [0.25, 0.3) is 0 Å². The lowest BCUT2D eigenvalue weighted by Crippen LogP contribution is -2.29. The largest absolute Gasteiger partial charge is 0.383 e. The van der Waals surface area contributed by atoms with Crippen molar-refractivity contribution in [3.8, 4) is 0 Å². The summed E-state index contributed by atoms with van der Waals surface area (Å²) < 4.78 is 31.1. The second kappa shape index (κ2) is 7.96. The number of nitrogens with one attached hydrogen (secondary N) is 1. The molecule has 1 N–H and O–H groups in total. The standard InChI is InChI=1S/C12H22N2O3S2/c1-4-13-8-7-11-5-6-12(18-11)19(15,16)14(2)9-10-17-3/h5-6,13H,4,7-10H2,1-3H3. The van der Waals surface area contributed by atoms with E-state index in [4.69, 9.17) is 4.74 Å². The summed E-state index contributed by atoms with van der Waals surface area (Å²) in [5.74, 6) is 0. The Morgan fingerprint density at radius 1 is 1.42 bits per heavy atom. The summed E-state index contributed by atoms with van der Waals surface area (Å²) in [5, 5.41) is 3.23. The minimum absolute atomic E-state index is 0.365. The smallest absolute Gasteiger partial charge is 0.252 e. The number of nitrogens with zero attached hydrogens (tertiary/aromatic N) is 1. The molecule has 1 rings (SSSR count). The van der Waals surface area contributed by atoms with Gasteiger partial charge >= 0.3 is 0 Å². The SMILES string of the molecule is CCNCCc1ccc(S(=O)(=O)N(C)CCOC)s1. The Morgan fingerprint density at radius 2 is 2.16 bits per heavy atom. The Kier molecular flexibility index (Phi) is 6.95. The lowest BCUT2D eigenvalue weighted by molar-refractivity contribution is 0.185. The van der Waals surface area contributed by atoms with E-state index >= 15 is 0 Å². The van der Waals surface area contributed by atoms with E-state index in [-0.39, 0.29) is 0 Å². The summed E-state index contributed by atoms with van der Waals surface area (Å²) in [6.45, 7) is 4.61. The fourth-order valence-corrected chi connectivity index (χ4v) is 4.23. The third kappa shape index (κ3) is 4.85. The first-order chi connectivity index (χ1) is 9.02. The molecule has 110 valence electrons. The monoisotopic (exact) mass is 306 g/mol. The molecular formula is C12H22N2O3S2. The van der Waals surface area contributed by atoms with Crippen LogP contribution in [0.5, 0.6) is 0 Å². The average Bonchev–Trinajstić information content (AvgIpc) is 2.85. The fourth-order valence-electron chi connectivity index (χ4n) is 1.51. The fraction of sp³-hybridized carbons (Fsp3) is 0.667. The van der Waals surface area contributed by atoms with Crippen molar-refractivity contribution in [1.29, 1.82) is 0 Å². The highest BCUT2D eigenvalue weighted by Crippen LogP contribution is 2.24. The molecule has 0 spiro atoms.